The van der Waals surface area contributed by atoms with Crippen LogP contribution in [-0.2, 0) is 0 Å². The van der Waals surface area contributed by atoms with Crippen LogP contribution in [0.2, 0.25) is 5.02 Å². The van der Waals surface area contributed by atoms with Crippen molar-refractivity contribution in [1.82, 2.24) is 19.9 Å². The summed E-state index contributed by atoms with van der Waals surface area (Å²) in [6, 6.07) is 5.93. The van der Waals surface area contributed by atoms with E-state index in [1.807, 2.05) is 18.2 Å². The first-order valence-electron chi connectivity index (χ1n) is 8.32. The Labute approximate surface area is 160 Å². The zero-order chi connectivity index (χ0) is 18.1. The van der Waals surface area contributed by atoms with Crippen molar-refractivity contribution >= 4 is 46.2 Å². The fraction of sp³-hybridized carbons (Fsp3) is 0.294. The van der Waals surface area contributed by atoms with Gasteiger partial charge in [-0.15, -0.1) is 0 Å². The highest BCUT2D eigenvalue weighted by Crippen LogP contribution is 2.34. The molecule has 3 aromatic rings. The van der Waals surface area contributed by atoms with Gasteiger partial charge in [-0.25, -0.2) is 19.9 Å². The van der Waals surface area contributed by atoms with Crippen LogP contribution < -0.4 is 16.4 Å². The van der Waals surface area contributed by atoms with Crippen molar-refractivity contribution in [2.24, 2.45) is 5.73 Å². The third-order valence-corrected chi connectivity index (χ3v) is 5.83. The van der Waals surface area contributed by atoms with Crippen LogP contribution in [-0.4, -0.2) is 39.1 Å². The predicted octanol–water partition coefficient (Wildman–Crippen LogP) is 2.73. The maximum Gasteiger partial charge on any atom is 0.179 e. The van der Waals surface area contributed by atoms with Gasteiger partial charge in [-0.05, 0) is 31.0 Å². The number of halogens is 1. The largest absolute Gasteiger partial charge is 0.382 e. The minimum Gasteiger partial charge on any atom is -0.382 e. The molecule has 0 saturated carbocycles. The molecule has 0 spiro atoms. The van der Waals surface area contributed by atoms with Crippen molar-refractivity contribution < 1.29 is 0 Å². The zero-order valence-corrected chi connectivity index (χ0v) is 15.5. The maximum atomic E-state index is 6.20. The van der Waals surface area contributed by atoms with E-state index in [0.29, 0.717) is 16.5 Å². The summed E-state index contributed by atoms with van der Waals surface area (Å²) >= 11 is 7.62. The summed E-state index contributed by atoms with van der Waals surface area (Å²) < 4.78 is 0. The first-order valence-corrected chi connectivity index (χ1v) is 9.52. The number of hydrogen-bond donors (Lipinski definition) is 2. The van der Waals surface area contributed by atoms with Gasteiger partial charge in [0.05, 0.1) is 11.2 Å². The number of nitrogens with zero attached hydrogens (tertiary/aromatic N) is 5. The number of nitrogen functional groups attached to an aromatic ring is 1. The lowest BCUT2D eigenvalue weighted by molar-refractivity contribution is 0.498. The quantitative estimate of drug-likeness (QED) is 0.706. The van der Waals surface area contributed by atoms with Crippen LogP contribution in [0.15, 0.2) is 40.5 Å². The van der Waals surface area contributed by atoms with Gasteiger partial charge >= 0.3 is 0 Å². The molecule has 0 bridgehead atoms. The Balaban J connectivity index is 1.58. The molecule has 0 aromatic carbocycles. The van der Waals surface area contributed by atoms with E-state index in [4.69, 9.17) is 28.1 Å². The normalized spacial score (nSPS) is 15.5. The summed E-state index contributed by atoms with van der Waals surface area (Å²) in [4.78, 5) is 20.7. The highest BCUT2D eigenvalue weighted by atomic mass is 35.5. The molecule has 1 fully saturated rings. The molecule has 7 nitrogen and oxygen atoms in total. The van der Waals surface area contributed by atoms with E-state index in [9.17, 15) is 0 Å². The van der Waals surface area contributed by atoms with Crippen LogP contribution in [0, 0.1) is 0 Å². The van der Waals surface area contributed by atoms with E-state index < -0.39 is 0 Å². The molecule has 4 rings (SSSR count). The van der Waals surface area contributed by atoms with Gasteiger partial charge in [-0.2, -0.15) is 0 Å². The number of nitrogens with two attached hydrogens (primary N) is 2. The van der Waals surface area contributed by atoms with Crippen molar-refractivity contribution in [2.45, 2.75) is 28.8 Å². The minimum absolute atomic E-state index is 0.287. The highest BCUT2D eigenvalue weighted by Gasteiger charge is 2.18. The number of pyridine rings is 2. The first kappa shape index (κ1) is 17.3. The number of piperidine rings is 1. The van der Waals surface area contributed by atoms with Gasteiger partial charge in [0.2, 0.25) is 0 Å². The van der Waals surface area contributed by atoms with Crippen molar-refractivity contribution in [3.05, 3.63) is 35.6 Å². The molecule has 1 aliphatic heterocycles. The van der Waals surface area contributed by atoms with Crippen molar-refractivity contribution in [3.8, 4) is 0 Å². The lowest BCUT2D eigenvalue weighted by atomic mass is 10.1. The van der Waals surface area contributed by atoms with E-state index in [-0.39, 0.29) is 6.04 Å². The number of fused-ring (bicyclic) bond motifs is 1. The summed E-state index contributed by atoms with van der Waals surface area (Å²) in [5.41, 5.74) is 13.1. The van der Waals surface area contributed by atoms with Crippen LogP contribution in [0.5, 0.6) is 0 Å². The third-order valence-electron chi connectivity index (χ3n) is 4.33. The molecule has 9 heteroatoms. The Hall–Kier alpha value is -2.16. The smallest absolute Gasteiger partial charge is 0.179 e. The molecule has 0 amide bonds. The Morgan fingerprint density at radius 3 is 2.73 bits per heavy atom. The molecule has 4 heterocycles. The van der Waals surface area contributed by atoms with Crippen LogP contribution >= 0.6 is 23.4 Å². The summed E-state index contributed by atoms with van der Waals surface area (Å²) in [5.74, 6) is 1.18. The van der Waals surface area contributed by atoms with Gasteiger partial charge in [0.15, 0.2) is 5.65 Å². The Morgan fingerprint density at radius 2 is 1.92 bits per heavy atom. The highest BCUT2D eigenvalue weighted by molar-refractivity contribution is 7.99. The second-order valence-electron chi connectivity index (χ2n) is 6.16. The van der Waals surface area contributed by atoms with E-state index >= 15 is 0 Å². The van der Waals surface area contributed by atoms with Crippen molar-refractivity contribution in [2.75, 3.05) is 23.7 Å². The molecule has 0 atom stereocenters. The lowest BCUT2D eigenvalue weighted by Gasteiger charge is -2.30. The predicted molar refractivity (Wildman–Crippen MR) is 105 cm³/mol. The van der Waals surface area contributed by atoms with Crippen molar-refractivity contribution in [3.63, 3.8) is 0 Å². The average Bonchev–Trinajstić information content (AvgIpc) is 2.66. The monoisotopic (exact) mass is 387 g/mol. The molecule has 1 saturated heterocycles. The number of aromatic nitrogens is 4. The van der Waals surface area contributed by atoms with Gasteiger partial charge in [0.25, 0.3) is 0 Å². The number of rotatable bonds is 3. The number of anilines is 2. The van der Waals surface area contributed by atoms with Crippen LogP contribution in [0.1, 0.15) is 12.8 Å². The molecule has 0 radical (unpaired) electrons. The molecule has 4 N–H and O–H groups in total. The van der Waals surface area contributed by atoms with Gasteiger partial charge in [0, 0.05) is 30.2 Å². The van der Waals surface area contributed by atoms with Crippen LogP contribution in [0.25, 0.3) is 11.2 Å². The van der Waals surface area contributed by atoms with Gasteiger partial charge in [-0.3, -0.25) is 0 Å². The Bertz CT molecular complexity index is 944. The Morgan fingerprint density at radius 1 is 1.12 bits per heavy atom. The summed E-state index contributed by atoms with van der Waals surface area (Å²) in [7, 11) is 0. The molecule has 3 aromatic heterocycles. The SMILES string of the molecule is Nc1nccc(Sc2ccc3nc(N4CCC(N)CC4)cnc3n2)c1Cl. The molecule has 0 unspecified atom stereocenters. The molecule has 134 valence electrons. The summed E-state index contributed by atoms with van der Waals surface area (Å²) in [5, 5.41) is 1.21. The first-order chi connectivity index (χ1) is 12.6. The van der Waals surface area contributed by atoms with Gasteiger partial charge in [0.1, 0.15) is 22.2 Å². The summed E-state index contributed by atoms with van der Waals surface area (Å²) in [6.45, 7) is 1.81. The van der Waals surface area contributed by atoms with E-state index in [1.165, 1.54) is 11.8 Å². The second kappa shape index (κ2) is 7.22. The summed E-state index contributed by atoms with van der Waals surface area (Å²) in [6.07, 6.45) is 5.35. The molecule has 0 aliphatic carbocycles. The van der Waals surface area contributed by atoms with Crippen LogP contribution in [0.4, 0.5) is 11.6 Å². The van der Waals surface area contributed by atoms with Gasteiger partial charge in [-0.1, -0.05) is 23.4 Å². The fourth-order valence-corrected chi connectivity index (χ4v) is 3.89. The maximum absolute atomic E-state index is 6.20. The minimum atomic E-state index is 0.287. The molecular weight excluding hydrogens is 370 g/mol. The van der Waals surface area contributed by atoms with Gasteiger partial charge < -0.3 is 16.4 Å². The fourth-order valence-electron chi connectivity index (χ4n) is 2.85. The molecule has 1 aliphatic rings. The van der Waals surface area contributed by atoms with E-state index in [2.05, 4.69) is 19.9 Å². The number of hydrogen-bond acceptors (Lipinski definition) is 8. The zero-order valence-electron chi connectivity index (χ0n) is 14.0. The van der Waals surface area contributed by atoms with E-state index in [1.54, 1.807) is 12.4 Å². The standard InChI is InChI=1S/C17H18ClN7S/c18-15-12(3-6-21-16(15)20)26-14-2-1-11-17(24-14)22-9-13(23-11)25-7-4-10(19)5-8-25/h1-3,6,9-10H,4-5,7-8,19H2,(H2,20,21). The molecular formula is C17H18ClN7S. The van der Waals surface area contributed by atoms with E-state index in [0.717, 1.165) is 47.2 Å². The molecule has 26 heavy (non-hydrogen) atoms. The topological polar surface area (TPSA) is 107 Å². The Kier molecular flexibility index (Phi) is 4.80. The second-order valence-corrected chi connectivity index (χ2v) is 7.60. The average molecular weight is 388 g/mol. The third kappa shape index (κ3) is 3.53. The van der Waals surface area contributed by atoms with Crippen molar-refractivity contribution in [1.29, 1.82) is 0 Å². The lowest BCUT2D eigenvalue weighted by Crippen LogP contribution is -2.40. The van der Waals surface area contributed by atoms with Crippen LogP contribution in [0.3, 0.4) is 0 Å².